The van der Waals surface area contributed by atoms with E-state index in [1.54, 1.807) is 60.7 Å². The molecule has 0 saturated heterocycles. The van der Waals surface area contributed by atoms with Gasteiger partial charge in [-0.1, -0.05) is 72.2 Å². The van der Waals surface area contributed by atoms with E-state index in [0.717, 1.165) is 5.69 Å². The Kier molecular flexibility index (Phi) is 11.7. The molecule has 0 bridgehead atoms. The van der Waals surface area contributed by atoms with E-state index in [-0.39, 0.29) is 79.0 Å². The summed E-state index contributed by atoms with van der Waals surface area (Å²) in [6, 6.07) is 32.0. The molecule has 13 nitrogen and oxygen atoms in total. The van der Waals surface area contributed by atoms with Crippen molar-refractivity contribution < 1.29 is 43.7 Å². The Labute approximate surface area is 396 Å². The highest BCUT2D eigenvalue weighted by molar-refractivity contribution is 6.40. The fourth-order valence-corrected chi connectivity index (χ4v) is 8.97. The first-order chi connectivity index (χ1) is 32.6. The zero-order valence-electron chi connectivity index (χ0n) is 36.1. The van der Waals surface area contributed by atoms with Gasteiger partial charge in [-0.25, -0.2) is 9.59 Å². The summed E-state index contributed by atoms with van der Waals surface area (Å²) in [6.07, 6.45) is 0. The van der Waals surface area contributed by atoms with Gasteiger partial charge in [0.05, 0.1) is 38.8 Å². The van der Waals surface area contributed by atoms with Crippen molar-refractivity contribution in [3.8, 4) is 39.7 Å². The number of hydrogen-bond donors (Lipinski definition) is 5. The van der Waals surface area contributed by atoms with E-state index in [0.29, 0.717) is 60.7 Å². The van der Waals surface area contributed by atoms with E-state index in [9.17, 15) is 39.3 Å². The monoisotopic (exact) mass is 945 g/mol. The number of fused-ring (bicyclic) bond motifs is 4. The number of nitrogens with zero attached hydrogens (tertiary/aromatic N) is 1. The number of anilines is 1. The van der Waals surface area contributed by atoms with Crippen molar-refractivity contribution in [2.24, 2.45) is 0 Å². The fraction of sp³-hybridized carbons (Fsp3) is 0.0755. The van der Waals surface area contributed by atoms with Crippen LogP contribution in [0.15, 0.2) is 131 Å². The lowest BCUT2D eigenvalue weighted by molar-refractivity contribution is 0.0686. The minimum atomic E-state index is -1.40. The Balaban J connectivity index is 0.958. The Hall–Kier alpha value is -8.39. The average molecular weight is 947 g/mol. The molecular weight excluding hydrogens is 909 g/mol. The van der Waals surface area contributed by atoms with E-state index < -0.39 is 23.8 Å². The Morgan fingerprint density at radius 1 is 0.706 bits per heavy atom. The molecule has 0 atom stereocenters. The van der Waals surface area contributed by atoms with Crippen molar-refractivity contribution in [1.29, 1.82) is 0 Å². The van der Waals surface area contributed by atoms with Crippen molar-refractivity contribution in [3.63, 3.8) is 0 Å². The minimum Gasteiger partial charge on any atom is -0.507 e. The standard InChI is InChI=1S/C53H37Cl2N3O10/c1-26-8-15-34-41(20-26)67-42-21-29(58(2)3)13-16-35(42)45(34)46-39(54)23-37(48(55)47(46)53(65)66)51(62)56-24-27-9-11-28(12-10-27)50(61)57-25-38-40(60)19-18-36-44(31-6-4-5-7-32(31)52(63)64)33-17-14-30(59)22-43(33)68-49(36)38/h4-23,60H,1,24-25H2,2-3H3,(H,56,62)(H,57,61)(H,63,64)(H,65,66). The van der Waals surface area contributed by atoms with Crippen LogP contribution in [-0.2, 0) is 13.1 Å². The Morgan fingerprint density at radius 2 is 1.44 bits per heavy atom. The molecule has 0 aromatic heterocycles. The summed E-state index contributed by atoms with van der Waals surface area (Å²) in [5, 5.41) is 38.6. The average Bonchev–Trinajstić information content (AvgIpc) is 3.31. The topological polar surface area (TPSA) is 196 Å². The van der Waals surface area contributed by atoms with Gasteiger partial charge in [0.1, 0.15) is 28.6 Å². The van der Waals surface area contributed by atoms with Crippen LogP contribution in [-0.4, -0.2) is 53.2 Å². The number of benzene rings is 7. The van der Waals surface area contributed by atoms with Crippen molar-refractivity contribution in [1.82, 2.24) is 10.6 Å². The lowest BCUT2D eigenvalue weighted by atomic mass is 9.88. The van der Waals surface area contributed by atoms with E-state index in [1.807, 2.05) is 37.2 Å². The summed E-state index contributed by atoms with van der Waals surface area (Å²) < 4.78 is 12.5. The van der Waals surface area contributed by atoms with Gasteiger partial charge in [-0.2, -0.15) is 0 Å². The number of rotatable bonds is 11. The number of phenols is 1. The lowest BCUT2D eigenvalue weighted by Gasteiger charge is -2.25. The molecule has 15 heteroatoms. The maximum Gasteiger partial charge on any atom is 0.337 e. The third-order valence-corrected chi connectivity index (χ3v) is 12.4. The molecule has 0 unspecified atom stereocenters. The van der Waals surface area contributed by atoms with Gasteiger partial charge in [0.2, 0.25) is 0 Å². The first kappa shape index (κ1) is 44.8. The normalized spacial score (nSPS) is 11.7. The number of carbonyl (C=O) groups excluding carboxylic acids is 2. The van der Waals surface area contributed by atoms with E-state index in [2.05, 4.69) is 17.2 Å². The third kappa shape index (κ3) is 8.14. The molecule has 0 radical (unpaired) electrons. The van der Waals surface area contributed by atoms with Gasteiger partial charge in [-0.3, -0.25) is 14.4 Å². The number of ether oxygens (including phenoxy) is 1. The van der Waals surface area contributed by atoms with Crippen LogP contribution < -0.4 is 36.1 Å². The highest BCUT2D eigenvalue weighted by atomic mass is 35.5. The molecule has 2 aliphatic heterocycles. The molecule has 6 aromatic rings. The van der Waals surface area contributed by atoms with Crippen molar-refractivity contribution >= 4 is 75.8 Å². The summed E-state index contributed by atoms with van der Waals surface area (Å²) in [5.74, 6) is -2.93. The number of carbonyl (C=O) groups is 4. The van der Waals surface area contributed by atoms with Gasteiger partial charge < -0.3 is 40.0 Å². The molecule has 6 aromatic carbocycles. The first-order valence-corrected chi connectivity index (χ1v) is 21.6. The van der Waals surface area contributed by atoms with Crippen LogP contribution in [0.2, 0.25) is 10.0 Å². The van der Waals surface area contributed by atoms with Crippen molar-refractivity contribution in [2.45, 2.75) is 13.1 Å². The van der Waals surface area contributed by atoms with Crippen LogP contribution in [0.3, 0.4) is 0 Å². The zero-order valence-corrected chi connectivity index (χ0v) is 37.6. The second-order valence-electron chi connectivity index (χ2n) is 16.1. The number of nitrogens with one attached hydrogen (secondary N) is 2. The molecule has 1 aliphatic carbocycles. The molecule has 2 heterocycles. The molecule has 0 fully saturated rings. The van der Waals surface area contributed by atoms with Gasteiger partial charge in [0.25, 0.3) is 11.8 Å². The summed E-state index contributed by atoms with van der Waals surface area (Å²) in [6.45, 7) is 3.76. The smallest absolute Gasteiger partial charge is 0.337 e. The maximum absolute atomic E-state index is 13.7. The van der Waals surface area contributed by atoms with Crippen LogP contribution in [0.25, 0.3) is 45.6 Å². The third-order valence-electron chi connectivity index (χ3n) is 11.7. The Morgan fingerprint density at radius 3 is 2.18 bits per heavy atom. The molecular formula is C53H37Cl2N3O10. The number of carboxylic acid groups (broad SMARTS) is 2. The van der Waals surface area contributed by atoms with Gasteiger partial charge >= 0.3 is 11.9 Å². The number of phenolic OH excluding ortho intramolecular Hbond substituents is 1. The number of aromatic hydroxyl groups is 1. The maximum atomic E-state index is 13.7. The Bertz CT molecular complexity index is 3610. The molecule has 2 amide bonds. The second kappa shape index (κ2) is 17.8. The van der Waals surface area contributed by atoms with Crippen LogP contribution >= 0.6 is 23.2 Å². The predicted molar refractivity (Wildman–Crippen MR) is 259 cm³/mol. The molecule has 338 valence electrons. The molecule has 3 aliphatic rings. The largest absolute Gasteiger partial charge is 0.507 e. The highest BCUT2D eigenvalue weighted by Gasteiger charge is 2.31. The first-order valence-electron chi connectivity index (χ1n) is 20.9. The molecule has 9 rings (SSSR count). The summed E-state index contributed by atoms with van der Waals surface area (Å²) >= 11 is 13.8. The van der Waals surface area contributed by atoms with Gasteiger partial charge in [-0.05, 0) is 83.1 Å². The number of carboxylic acids is 2. The second-order valence-corrected chi connectivity index (χ2v) is 16.9. The van der Waals surface area contributed by atoms with E-state index in [4.69, 9.17) is 32.4 Å². The number of amides is 2. The van der Waals surface area contributed by atoms with Gasteiger partial charge in [-0.15, -0.1) is 0 Å². The molecule has 0 spiro atoms. The highest BCUT2D eigenvalue weighted by Crippen LogP contribution is 2.45. The molecule has 68 heavy (non-hydrogen) atoms. The molecule has 0 saturated carbocycles. The van der Waals surface area contributed by atoms with Crippen LogP contribution in [0.4, 0.5) is 5.69 Å². The summed E-state index contributed by atoms with van der Waals surface area (Å²) in [4.78, 5) is 66.9. The quantitative estimate of drug-likeness (QED) is 0.0779. The van der Waals surface area contributed by atoms with Crippen LogP contribution in [0.5, 0.6) is 17.2 Å². The van der Waals surface area contributed by atoms with Gasteiger partial charge in [0.15, 0.2) is 5.43 Å². The van der Waals surface area contributed by atoms with Crippen molar-refractivity contribution in [2.75, 3.05) is 19.0 Å². The van der Waals surface area contributed by atoms with Crippen LogP contribution in [0, 0.1) is 0 Å². The predicted octanol–water partition coefficient (Wildman–Crippen LogP) is 8.66. The lowest BCUT2D eigenvalue weighted by Crippen LogP contribution is -2.25. The van der Waals surface area contributed by atoms with Crippen molar-refractivity contribution in [3.05, 3.63) is 197 Å². The zero-order chi connectivity index (χ0) is 48.1. The molecule has 5 N–H and O–H groups in total. The van der Waals surface area contributed by atoms with Gasteiger partial charge in [0, 0.05) is 82.5 Å². The van der Waals surface area contributed by atoms with E-state index in [1.165, 1.54) is 42.5 Å². The number of hydrogen-bond acceptors (Lipinski definition) is 9. The number of aromatic carboxylic acids is 2. The van der Waals surface area contributed by atoms with Crippen LogP contribution in [0.1, 0.15) is 63.7 Å². The summed E-state index contributed by atoms with van der Waals surface area (Å²) in [7, 11) is 3.77. The SMILES string of the molecule is C=c1ccc2c(c1)Oc1cc(N(C)C)ccc1C=2c1c(Cl)cc(C(=O)NCc2ccc(C(=O)NCc3c(O)ccc4c(-c5ccccc5C(=O)O)c5ccc(=O)cc-5oc34)cc2)c(Cl)c1C(=O)O. The number of halogens is 2. The fourth-order valence-electron chi connectivity index (χ4n) is 8.36. The minimum absolute atomic E-state index is 0.0176. The summed E-state index contributed by atoms with van der Waals surface area (Å²) in [5.41, 5.74) is 3.58. The van der Waals surface area contributed by atoms with E-state index >= 15 is 0 Å².